The van der Waals surface area contributed by atoms with Gasteiger partial charge in [0.25, 0.3) is 0 Å². The largest absolute Gasteiger partial charge is 0.481 e. The van der Waals surface area contributed by atoms with Crippen molar-refractivity contribution >= 4 is 40.8 Å². The van der Waals surface area contributed by atoms with Crippen LogP contribution in [0.5, 0.6) is 0 Å². The molecule has 0 saturated carbocycles. The van der Waals surface area contributed by atoms with Crippen molar-refractivity contribution < 1.29 is 14.7 Å². The average molecular weight is 366 g/mol. The fraction of sp³-hybridized carbons (Fsp3) is 0.222. The van der Waals surface area contributed by atoms with Crippen molar-refractivity contribution in [3.8, 4) is 0 Å². The Labute approximate surface area is 150 Å². The molecule has 0 aliphatic heterocycles. The topological polar surface area (TPSA) is 66.4 Å². The molecule has 0 heterocycles. The highest BCUT2D eigenvalue weighted by Crippen LogP contribution is 2.28. The number of hydrogen-bond acceptors (Lipinski definition) is 2. The van der Waals surface area contributed by atoms with Crippen LogP contribution in [0.3, 0.4) is 0 Å². The van der Waals surface area contributed by atoms with E-state index < -0.39 is 11.9 Å². The molecule has 0 aromatic heterocycles. The van der Waals surface area contributed by atoms with Gasteiger partial charge in [0.15, 0.2) is 0 Å². The van der Waals surface area contributed by atoms with E-state index >= 15 is 0 Å². The molecule has 2 rings (SSSR count). The molecule has 126 valence electrons. The van der Waals surface area contributed by atoms with E-state index in [9.17, 15) is 14.7 Å². The monoisotopic (exact) mass is 365 g/mol. The van der Waals surface area contributed by atoms with Crippen LogP contribution in [0.4, 0.5) is 5.69 Å². The van der Waals surface area contributed by atoms with Crippen LogP contribution in [0.25, 0.3) is 0 Å². The number of aliphatic carboxylic acids is 1. The Hall–Kier alpha value is -2.04. The summed E-state index contributed by atoms with van der Waals surface area (Å²) >= 11 is 11.7. The molecule has 6 heteroatoms. The molecule has 2 aromatic rings. The van der Waals surface area contributed by atoms with Gasteiger partial charge in [0.05, 0.1) is 16.0 Å². The summed E-state index contributed by atoms with van der Waals surface area (Å²) in [4.78, 5) is 23.8. The van der Waals surface area contributed by atoms with Gasteiger partial charge < -0.3 is 10.4 Å². The summed E-state index contributed by atoms with van der Waals surface area (Å²) in [6.07, 6.45) is -0.133. The first-order chi connectivity index (χ1) is 11.4. The molecular weight excluding hydrogens is 349 g/mol. The number of hydrogen-bond donors (Lipinski definition) is 2. The lowest BCUT2D eigenvalue weighted by atomic mass is 9.85. The predicted molar refractivity (Wildman–Crippen MR) is 95.7 cm³/mol. The van der Waals surface area contributed by atoms with E-state index in [1.165, 1.54) is 6.07 Å². The van der Waals surface area contributed by atoms with Gasteiger partial charge in [-0.15, -0.1) is 0 Å². The van der Waals surface area contributed by atoms with E-state index in [1.54, 1.807) is 19.1 Å². The summed E-state index contributed by atoms with van der Waals surface area (Å²) in [5.41, 5.74) is 1.36. The molecule has 2 unspecified atom stereocenters. The first-order valence-electron chi connectivity index (χ1n) is 7.41. The number of nitrogens with one attached hydrogen (secondary N) is 1. The second-order valence-corrected chi connectivity index (χ2v) is 6.34. The molecule has 0 saturated heterocycles. The number of amides is 1. The van der Waals surface area contributed by atoms with Gasteiger partial charge in [-0.3, -0.25) is 9.59 Å². The lowest BCUT2D eigenvalue weighted by Crippen LogP contribution is -2.26. The summed E-state index contributed by atoms with van der Waals surface area (Å²) in [6, 6.07) is 14.0. The van der Waals surface area contributed by atoms with E-state index in [0.29, 0.717) is 15.7 Å². The smallest absolute Gasteiger partial charge is 0.307 e. The number of carboxylic acid groups (broad SMARTS) is 1. The molecule has 2 aromatic carbocycles. The number of halogens is 2. The number of rotatable bonds is 6. The van der Waals surface area contributed by atoms with Crippen molar-refractivity contribution in [2.75, 3.05) is 5.32 Å². The third kappa shape index (κ3) is 4.73. The van der Waals surface area contributed by atoms with E-state index in [2.05, 4.69) is 5.32 Å². The zero-order valence-electron chi connectivity index (χ0n) is 13.0. The molecular formula is C18H17Cl2NO3. The van der Waals surface area contributed by atoms with Crippen molar-refractivity contribution in [3.05, 3.63) is 64.1 Å². The fourth-order valence-electron chi connectivity index (χ4n) is 2.45. The third-order valence-electron chi connectivity index (χ3n) is 3.85. The lowest BCUT2D eigenvalue weighted by Gasteiger charge is -2.20. The van der Waals surface area contributed by atoms with Gasteiger partial charge in [0.2, 0.25) is 5.91 Å². The summed E-state index contributed by atoms with van der Waals surface area (Å²) < 4.78 is 0. The van der Waals surface area contributed by atoms with Gasteiger partial charge in [0.1, 0.15) is 0 Å². The average Bonchev–Trinajstić information content (AvgIpc) is 2.56. The van der Waals surface area contributed by atoms with E-state index in [4.69, 9.17) is 23.2 Å². The maximum atomic E-state index is 12.2. The maximum Gasteiger partial charge on any atom is 0.307 e. The molecule has 1 amide bonds. The number of anilines is 1. The Bertz CT molecular complexity index is 734. The first-order valence-corrected chi connectivity index (χ1v) is 8.16. The van der Waals surface area contributed by atoms with Crippen LogP contribution >= 0.6 is 23.2 Å². The van der Waals surface area contributed by atoms with Crippen LogP contribution in [0.15, 0.2) is 48.5 Å². The molecule has 0 aliphatic carbocycles. The number of carbonyl (C=O) groups is 2. The molecule has 0 fully saturated rings. The van der Waals surface area contributed by atoms with Crippen molar-refractivity contribution in [3.63, 3.8) is 0 Å². The predicted octanol–water partition coefficient (Wildman–Crippen LogP) is 4.83. The van der Waals surface area contributed by atoms with E-state index in [-0.39, 0.29) is 18.2 Å². The van der Waals surface area contributed by atoms with E-state index in [1.807, 2.05) is 30.3 Å². The molecule has 2 atom stereocenters. The Morgan fingerprint density at radius 2 is 1.75 bits per heavy atom. The molecule has 2 N–H and O–H groups in total. The molecule has 0 radical (unpaired) electrons. The van der Waals surface area contributed by atoms with Crippen molar-refractivity contribution in [2.24, 2.45) is 5.92 Å². The zero-order valence-corrected chi connectivity index (χ0v) is 14.5. The van der Waals surface area contributed by atoms with Crippen LogP contribution in [0.2, 0.25) is 10.0 Å². The highest BCUT2D eigenvalue weighted by atomic mass is 35.5. The lowest BCUT2D eigenvalue weighted by molar-refractivity contribution is -0.144. The summed E-state index contributed by atoms with van der Waals surface area (Å²) in [5, 5.41) is 12.8. The fourth-order valence-corrected chi connectivity index (χ4v) is 2.75. The van der Waals surface area contributed by atoms with Gasteiger partial charge in [-0.1, -0.05) is 60.5 Å². The second-order valence-electron chi connectivity index (χ2n) is 5.53. The van der Waals surface area contributed by atoms with Crippen LogP contribution in [-0.2, 0) is 9.59 Å². The SMILES string of the molecule is CC(c1ccccc1)C(CC(=O)Nc1ccc(Cl)c(Cl)c1)C(=O)O. The normalized spacial score (nSPS) is 13.1. The number of benzene rings is 2. The standard InChI is InChI=1S/C18H17Cl2NO3/c1-11(12-5-3-2-4-6-12)14(18(23)24)10-17(22)21-13-7-8-15(19)16(20)9-13/h2-9,11,14H,10H2,1H3,(H,21,22)(H,23,24). The minimum atomic E-state index is -1.00. The molecule has 4 nitrogen and oxygen atoms in total. The van der Waals surface area contributed by atoms with Crippen LogP contribution in [0, 0.1) is 5.92 Å². The first kappa shape index (κ1) is 18.3. The quantitative estimate of drug-likeness (QED) is 0.770. The van der Waals surface area contributed by atoms with Crippen molar-refractivity contribution in [1.82, 2.24) is 0 Å². The van der Waals surface area contributed by atoms with Gasteiger partial charge in [0, 0.05) is 12.1 Å². The molecule has 0 aliphatic rings. The minimum Gasteiger partial charge on any atom is -0.481 e. The van der Waals surface area contributed by atoms with Gasteiger partial charge in [-0.2, -0.15) is 0 Å². The maximum absolute atomic E-state index is 12.2. The summed E-state index contributed by atoms with van der Waals surface area (Å²) in [5.74, 6) is -2.50. The van der Waals surface area contributed by atoms with Gasteiger partial charge in [-0.05, 0) is 29.7 Å². The minimum absolute atomic E-state index is 0.133. The molecule has 0 spiro atoms. The summed E-state index contributed by atoms with van der Waals surface area (Å²) in [6.45, 7) is 1.81. The van der Waals surface area contributed by atoms with Crippen molar-refractivity contribution in [1.29, 1.82) is 0 Å². The Balaban J connectivity index is 2.08. The third-order valence-corrected chi connectivity index (χ3v) is 4.59. The van der Waals surface area contributed by atoms with Crippen LogP contribution in [0.1, 0.15) is 24.8 Å². The Morgan fingerprint density at radius 3 is 2.33 bits per heavy atom. The van der Waals surface area contributed by atoms with Crippen LogP contribution < -0.4 is 5.32 Å². The van der Waals surface area contributed by atoms with Crippen LogP contribution in [-0.4, -0.2) is 17.0 Å². The number of carbonyl (C=O) groups excluding carboxylic acids is 1. The molecule has 24 heavy (non-hydrogen) atoms. The zero-order chi connectivity index (χ0) is 17.7. The van der Waals surface area contributed by atoms with Gasteiger partial charge in [-0.25, -0.2) is 0 Å². The Morgan fingerprint density at radius 1 is 1.08 bits per heavy atom. The van der Waals surface area contributed by atoms with Crippen molar-refractivity contribution in [2.45, 2.75) is 19.3 Å². The number of carboxylic acids is 1. The molecule has 0 bridgehead atoms. The highest BCUT2D eigenvalue weighted by Gasteiger charge is 2.28. The highest BCUT2D eigenvalue weighted by molar-refractivity contribution is 6.42. The van der Waals surface area contributed by atoms with Gasteiger partial charge >= 0.3 is 5.97 Å². The second kappa shape index (κ2) is 8.18. The Kier molecular flexibility index (Phi) is 6.23. The summed E-state index contributed by atoms with van der Waals surface area (Å²) in [7, 11) is 0. The van der Waals surface area contributed by atoms with E-state index in [0.717, 1.165) is 5.56 Å².